The van der Waals surface area contributed by atoms with Crippen molar-refractivity contribution in [3.63, 3.8) is 0 Å². The summed E-state index contributed by atoms with van der Waals surface area (Å²) in [6.45, 7) is 6.36. The molecule has 0 unspecified atom stereocenters. The first kappa shape index (κ1) is 24.2. The Kier molecular flexibility index (Phi) is 7.01. The number of nitrogens with one attached hydrogen (secondary N) is 1. The minimum atomic E-state index is -0.279. The van der Waals surface area contributed by atoms with Gasteiger partial charge in [0.05, 0.1) is 24.8 Å². The number of benzene rings is 1. The van der Waals surface area contributed by atoms with Crippen molar-refractivity contribution < 1.29 is 4.79 Å². The number of carbonyl (C=O) groups excluding carboxylic acids is 1. The molecule has 3 fully saturated rings. The average molecular weight is 504 g/mol. The van der Waals surface area contributed by atoms with Crippen LogP contribution in [0.15, 0.2) is 42.9 Å². The number of aromatic nitrogens is 6. The molecule has 3 aliphatic rings. The Bertz CT molecular complexity index is 1150. The summed E-state index contributed by atoms with van der Waals surface area (Å²) < 4.78 is 1.99. The van der Waals surface area contributed by atoms with Gasteiger partial charge >= 0.3 is 0 Å². The number of H-pyrrole nitrogens is 1. The zero-order valence-corrected chi connectivity index (χ0v) is 21.5. The Morgan fingerprint density at radius 2 is 1.84 bits per heavy atom. The Balaban J connectivity index is 1.24. The molecule has 10 nitrogen and oxygen atoms in total. The maximum atomic E-state index is 13.1. The van der Waals surface area contributed by atoms with Gasteiger partial charge in [0.25, 0.3) is 0 Å². The normalized spacial score (nSPS) is 21.5. The Morgan fingerprint density at radius 1 is 1.00 bits per heavy atom. The van der Waals surface area contributed by atoms with Crippen LogP contribution in [0.3, 0.4) is 0 Å². The summed E-state index contributed by atoms with van der Waals surface area (Å²) in [5.74, 6) is 1.09. The molecule has 2 aliphatic heterocycles. The van der Waals surface area contributed by atoms with Crippen molar-refractivity contribution in [3.05, 3.63) is 59.9 Å². The van der Waals surface area contributed by atoms with Crippen molar-refractivity contribution >= 4 is 5.91 Å². The maximum Gasteiger partial charge on any atom is 0.228 e. The molecular formula is C27H37N9O. The van der Waals surface area contributed by atoms with E-state index in [0.717, 1.165) is 56.5 Å². The van der Waals surface area contributed by atoms with E-state index in [0.29, 0.717) is 26.1 Å². The molecule has 1 N–H and O–H groups in total. The van der Waals surface area contributed by atoms with Gasteiger partial charge in [-0.05, 0) is 54.6 Å². The van der Waals surface area contributed by atoms with Crippen molar-refractivity contribution in [2.45, 2.75) is 63.1 Å². The number of likely N-dealkylation sites (tertiary alicyclic amines) is 1. The van der Waals surface area contributed by atoms with Gasteiger partial charge in [-0.2, -0.15) is 0 Å². The number of hydrogen-bond donors (Lipinski definition) is 1. The summed E-state index contributed by atoms with van der Waals surface area (Å²) in [4.78, 5) is 27.5. The van der Waals surface area contributed by atoms with E-state index in [4.69, 9.17) is 0 Å². The molecule has 0 atom stereocenters. The van der Waals surface area contributed by atoms with Crippen LogP contribution in [0.5, 0.6) is 0 Å². The van der Waals surface area contributed by atoms with E-state index >= 15 is 0 Å². The third-order valence-electron chi connectivity index (χ3n) is 8.69. The molecule has 1 amide bonds. The third kappa shape index (κ3) is 5.04. The molecule has 2 saturated heterocycles. The van der Waals surface area contributed by atoms with Crippen molar-refractivity contribution in [1.29, 1.82) is 0 Å². The first-order valence-electron chi connectivity index (χ1n) is 13.8. The number of imidazole rings is 1. The zero-order chi connectivity index (χ0) is 25.1. The van der Waals surface area contributed by atoms with Crippen molar-refractivity contribution in [2.75, 3.05) is 39.3 Å². The van der Waals surface area contributed by atoms with E-state index in [1.54, 1.807) is 12.5 Å². The molecule has 1 aliphatic carbocycles. The summed E-state index contributed by atoms with van der Waals surface area (Å²) in [7, 11) is 0. The Hall–Kier alpha value is -3.11. The van der Waals surface area contributed by atoms with Crippen LogP contribution < -0.4 is 0 Å². The Labute approximate surface area is 218 Å². The van der Waals surface area contributed by atoms with Crippen LogP contribution in [0.1, 0.15) is 55.6 Å². The largest absolute Gasteiger partial charge is 0.348 e. The van der Waals surface area contributed by atoms with E-state index in [2.05, 4.69) is 59.6 Å². The highest BCUT2D eigenvalue weighted by Gasteiger charge is 2.46. The molecule has 2 aromatic heterocycles. The molecule has 0 radical (unpaired) electrons. The lowest BCUT2D eigenvalue weighted by Gasteiger charge is -2.47. The fourth-order valence-electron chi connectivity index (χ4n) is 6.35. The number of carbonyl (C=O) groups is 1. The fraction of sp³-hybridized carbons (Fsp3) is 0.593. The summed E-state index contributed by atoms with van der Waals surface area (Å²) in [6.07, 6.45) is 10.6. The van der Waals surface area contributed by atoms with Gasteiger partial charge in [0.1, 0.15) is 0 Å². The van der Waals surface area contributed by atoms with Crippen LogP contribution in [0.2, 0.25) is 0 Å². The lowest BCUT2D eigenvalue weighted by molar-refractivity contribution is -0.133. The van der Waals surface area contributed by atoms with Crippen LogP contribution in [-0.4, -0.2) is 96.1 Å². The monoisotopic (exact) mass is 503 g/mol. The molecule has 196 valence electrons. The predicted octanol–water partition coefficient (Wildman–Crippen LogP) is 2.07. The van der Waals surface area contributed by atoms with Gasteiger partial charge < -0.3 is 9.88 Å². The second-order valence-electron chi connectivity index (χ2n) is 10.8. The number of nitrogens with zero attached hydrogens (tertiary/aromatic N) is 8. The van der Waals surface area contributed by atoms with Gasteiger partial charge in [-0.3, -0.25) is 14.6 Å². The number of tetrazole rings is 1. The van der Waals surface area contributed by atoms with Crippen LogP contribution in [0.25, 0.3) is 0 Å². The quantitative estimate of drug-likeness (QED) is 0.527. The lowest BCUT2D eigenvalue weighted by atomic mass is 9.84. The van der Waals surface area contributed by atoms with E-state index in [1.165, 1.54) is 31.4 Å². The third-order valence-corrected chi connectivity index (χ3v) is 8.69. The van der Waals surface area contributed by atoms with Gasteiger partial charge in [0.15, 0.2) is 5.82 Å². The van der Waals surface area contributed by atoms with E-state index in [-0.39, 0.29) is 11.4 Å². The minimum absolute atomic E-state index is 0.147. The zero-order valence-electron chi connectivity index (χ0n) is 21.5. The van der Waals surface area contributed by atoms with Crippen molar-refractivity contribution in [1.82, 2.24) is 44.9 Å². The number of amides is 1. The summed E-state index contributed by atoms with van der Waals surface area (Å²) in [6, 6.07) is 11.2. The average Bonchev–Trinajstić information content (AvgIpc) is 3.52. The van der Waals surface area contributed by atoms with Gasteiger partial charge in [-0.25, -0.2) is 9.67 Å². The highest BCUT2D eigenvalue weighted by Crippen LogP contribution is 2.39. The van der Waals surface area contributed by atoms with Crippen LogP contribution in [0, 0.1) is 0 Å². The molecule has 4 heterocycles. The number of piperidine rings is 1. The van der Waals surface area contributed by atoms with Gasteiger partial charge in [-0.1, -0.05) is 36.8 Å². The predicted molar refractivity (Wildman–Crippen MR) is 139 cm³/mol. The number of hydrogen-bond acceptors (Lipinski definition) is 7. The van der Waals surface area contributed by atoms with E-state index in [1.807, 2.05) is 15.6 Å². The molecule has 6 rings (SSSR count). The van der Waals surface area contributed by atoms with Crippen molar-refractivity contribution in [2.24, 2.45) is 0 Å². The highest BCUT2D eigenvalue weighted by atomic mass is 16.2. The first-order chi connectivity index (χ1) is 18.2. The van der Waals surface area contributed by atoms with Gasteiger partial charge in [0.2, 0.25) is 5.91 Å². The molecule has 3 aromatic rings. The number of rotatable bonds is 7. The van der Waals surface area contributed by atoms with Crippen molar-refractivity contribution in [3.8, 4) is 0 Å². The summed E-state index contributed by atoms with van der Waals surface area (Å²) >= 11 is 0. The smallest absolute Gasteiger partial charge is 0.228 e. The standard InChI is InChI=1S/C27H37N9O/c37-25(18-23-19-28-21-29-23)34-14-10-27(11-15-34,35-13-5-12-33(16-17-35)24-8-4-9-24)26-30-31-32-36(26)20-22-6-2-1-3-7-22/h1-3,6-7,19,21,24H,4-5,8-18,20H2,(H,28,29). The SMILES string of the molecule is O=C(Cc1cnc[nH]1)N1CCC(c2nnnn2Cc2ccccc2)(N2CCCN(C3CCC3)CC2)CC1. The highest BCUT2D eigenvalue weighted by molar-refractivity contribution is 5.78. The molecule has 37 heavy (non-hydrogen) atoms. The molecular weight excluding hydrogens is 466 g/mol. The van der Waals surface area contributed by atoms with Gasteiger partial charge in [-0.15, -0.1) is 5.10 Å². The molecule has 0 spiro atoms. The molecule has 1 saturated carbocycles. The van der Waals surface area contributed by atoms with Crippen LogP contribution >= 0.6 is 0 Å². The topological polar surface area (TPSA) is 99.1 Å². The number of aromatic amines is 1. The van der Waals surface area contributed by atoms with Gasteiger partial charge in [0, 0.05) is 50.7 Å². The minimum Gasteiger partial charge on any atom is -0.348 e. The fourth-order valence-corrected chi connectivity index (χ4v) is 6.35. The molecule has 0 bridgehead atoms. The van der Waals surface area contributed by atoms with Crippen LogP contribution in [-0.2, 0) is 23.3 Å². The first-order valence-corrected chi connectivity index (χ1v) is 13.8. The van der Waals surface area contributed by atoms with E-state index < -0.39 is 0 Å². The molecule has 10 heteroatoms. The second-order valence-corrected chi connectivity index (χ2v) is 10.8. The van der Waals surface area contributed by atoms with E-state index in [9.17, 15) is 4.79 Å². The summed E-state index contributed by atoms with van der Waals surface area (Å²) in [5, 5.41) is 13.3. The van der Waals surface area contributed by atoms with Crippen LogP contribution in [0.4, 0.5) is 0 Å². The summed E-state index contributed by atoms with van der Waals surface area (Å²) in [5.41, 5.74) is 1.77. The molecule has 1 aromatic carbocycles. The second kappa shape index (κ2) is 10.7. The maximum absolute atomic E-state index is 13.1. The lowest BCUT2D eigenvalue weighted by Crippen LogP contribution is -2.56. The Morgan fingerprint density at radius 3 is 2.57 bits per heavy atom.